The number of amides is 2. The largest absolute Gasteiger partial charge is 0.497 e. The third kappa shape index (κ3) is 4.64. The Hall–Kier alpha value is -1.69. The summed E-state index contributed by atoms with van der Waals surface area (Å²) >= 11 is 1.62. The van der Waals surface area contributed by atoms with Gasteiger partial charge in [0.1, 0.15) is 11.8 Å². The first-order valence-electron chi connectivity index (χ1n) is 7.85. The highest BCUT2D eigenvalue weighted by Gasteiger charge is 2.34. The van der Waals surface area contributed by atoms with Crippen molar-refractivity contribution in [2.45, 2.75) is 38.8 Å². The summed E-state index contributed by atoms with van der Waals surface area (Å²) in [6.07, 6.45) is 1.18. The summed E-state index contributed by atoms with van der Waals surface area (Å²) in [6.45, 7) is 4.00. The van der Waals surface area contributed by atoms with Crippen LogP contribution in [0.5, 0.6) is 5.75 Å². The SMILES string of the molecule is CC[C@@H](C)NC(=O)[C@H]1CSCN1C(=O)Cc1ccc(OC)cc1. The summed E-state index contributed by atoms with van der Waals surface area (Å²) in [4.78, 5) is 26.6. The van der Waals surface area contributed by atoms with Crippen molar-refractivity contribution >= 4 is 23.6 Å². The van der Waals surface area contributed by atoms with Crippen LogP contribution in [0.1, 0.15) is 25.8 Å². The second-order valence-electron chi connectivity index (χ2n) is 5.72. The van der Waals surface area contributed by atoms with E-state index in [1.165, 1.54) is 0 Å². The summed E-state index contributed by atoms with van der Waals surface area (Å²) in [5, 5.41) is 2.97. The van der Waals surface area contributed by atoms with E-state index in [4.69, 9.17) is 4.74 Å². The van der Waals surface area contributed by atoms with Gasteiger partial charge in [-0.15, -0.1) is 11.8 Å². The molecule has 5 nitrogen and oxygen atoms in total. The fourth-order valence-corrected chi connectivity index (χ4v) is 3.55. The Bertz CT molecular complexity index is 547. The van der Waals surface area contributed by atoms with Gasteiger partial charge in [-0.1, -0.05) is 19.1 Å². The molecule has 23 heavy (non-hydrogen) atoms. The molecule has 1 aromatic rings. The number of hydrogen-bond donors (Lipinski definition) is 1. The molecule has 0 spiro atoms. The van der Waals surface area contributed by atoms with Gasteiger partial charge in [-0.3, -0.25) is 9.59 Å². The van der Waals surface area contributed by atoms with E-state index in [-0.39, 0.29) is 23.9 Å². The molecule has 126 valence electrons. The van der Waals surface area contributed by atoms with E-state index in [9.17, 15) is 9.59 Å². The lowest BCUT2D eigenvalue weighted by atomic mass is 10.1. The number of hydrogen-bond acceptors (Lipinski definition) is 4. The highest BCUT2D eigenvalue weighted by atomic mass is 32.2. The van der Waals surface area contributed by atoms with Gasteiger partial charge in [-0.2, -0.15) is 0 Å². The molecule has 0 aliphatic carbocycles. The summed E-state index contributed by atoms with van der Waals surface area (Å²) in [5.41, 5.74) is 0.925. The van der Waals surface area contributed by atoms with Crippen molar-refractivity contribution in [2.75, 3.05) is 18.7 Å². The van der Waals surface area contributed by atoms with Crippen molar-refractivity contribution in [2.24, 2.45) is 0 Å². The Balaban J connectivity index is 1.98. The number of benzene rings is 1. The van der Waals surface area contributed by atoms with Crippen molar-refractivity contribution in [3.63, 3.8) is 0 Å². The van der Waals surface area contributed by atoms with Crippen LogP contribution in [0.2, 0.25) is 0 Å². The lowest BCUT2D eigenvalue weighted by molar-refractivity contribution is -0.137. The topological polar surface area (TPSA) is 58.6 Å². The zero-order valence-electron chi connectivity index (χ0n) is 13.9. The average Bonchev–Trinajstić information content (AvgIpc) is 3.05. The Morgan fingerprint density at radius 2 is 2.09 bits per heavy atom. The Labute approximate surface area is 141 Å². The summed E-state index contributed by atoms with van der Waals surface area (Å²) < 4.78 is 5.12. The number of nitrogens with one attached hydrogen (secondary N) is 1. The maximum absolute atomic E-state index is 12.5. The molecule has 0 bridgehead atoms. The molecule has 2 rings (SSSR count). The summed E-state index contributed by atoms with van der Waals surface area (Å²) in [5.74, 6) is 1.95. The molecule has 0 aromatic heterocycles. The zero-order chi connectivity index (χ0) is 16.8. The third-order valence-corrected chi connectivity index (χ3v) is 5.03. The molecule has 6 heteroatoms. The smallest absolute Gasteiger partial charge is 0.243 e. The van der Waals surface area contributed by atoms with Gasteiger partial charge in [-0.25, -0.2) is 0 Å². The molecule has 2 atom stereocenters. The van der Waals surface area contributed by atoms with Crippen LogP contribution < -0.4 is 10.1 Å². The van der Waals surface area contributed by atoms with Crippen LogP contribution in [0.4, 0.5) is 0 Å². The van der Waals surface area contributed by atoms with Crippen molar-refractivity contribution in [3.8, 4) is 5.75 Å². The predicted molar refractivity (Wildman–Crippen MR) is 92.6 cm³/mol. The molecule has 1 aliphatic heterocycles. The maximum Gasteiger partial charge on any atom is 0.243 e. The molecule has 1 fully saturated rings. The van der Waals surface area contributed by atoms with Gasteiger partial charge in [0.05, 0.1) is 19.4 Å². The molecule has 0 unspecified atom stereocenters. The number of ether oxygens (including phenoxy) is 1. The Morgan fingerprint density at radius 1 is 1.39 bits per heavy atom. The van der Waals surface area contributed by atoms with Gasteiger partial charge in [0.25, 0.3) is 0 Å². The standard InChI is InChI=1S/C17H24N2O3S/c1-4-12(2)18-17(21)15-10-23-11-19(15)16(20)9-13-5-7-14(22-3)8-6-13/h5-8,12,15H,4,9-11H2,1-3H3,(H,18,21)/t12-,15-/m1/s1. The van der Waals surface area contributed by atoms with Crippen molar-refractivity contribution in [1.82, 2.24) is 10.2 Å². The fraction of sp³-hybridized carbons (Fsp3) is 0.529. The lowest BCUT2D eigenvalue weighted by Crippen LogP contribution is -2.49. The second-order valence-corrected chi connectivity index (χ2v) is 6.72. The number of carbonyl (C=O) groups is 2. The summed E-state index contributed by atoms with van der Waals surface area (Å²) in [6, 6.07) is 7.22. The highest BCUT2D eigenvalue weighted by Crippen LogP contribution is 2.23. The minimum absolute atomic E-state index is 0.00975. The van der Waals surface area contributed by atoms with E-state index < -0.39 is 0 Å². The minimum atomic E-state index is -0.361. The van der Waals surface area contributed by atoms with E-state index in [1.807, 2.05) is 38.1 Å². The average molecular weight is 336 g/mol. The molecule has 1 aliphatic rings. The molecule has 0 radical (unpaired) electrons. The molecule has 1 saturated heterocycles. The zero-order valence-corrected chi connectivity index (χ0v) is 14.7. The number of rotatable bonds is 6. The second kappa shape index (κ2) is 8.24. The van der Waals surface area contributed by atoms with Gasteiger partial charge in [-0.05, 0) is 31.0 Å². The van der Waals surface area contributed by atoms with Gasteiger partial charge in [0, 0.05) is 11.8 Å². The normalized spacial score (nSPS) is 18.6. The quantitative estimate of drug-likeness (QED) is 0.864. The molecular weight excluding hydrogens is 312 g/mol. The van der Waals surface area contributed by atoms with Crippen LogP contribution in [0.15, 0.2) is 24.3 Å². The van der Waals surface area contributed by atoms with Gasteiger partial charge < -0.3 is 15.0 Å². The molecule has 0 saturated carbocycles. The van der Waals surface area contributed by atoms with E-state index in [0.29, 0.717) is 18.1 Å². The van der Waals surface area contributed by atoms with Gasteiger partial charge in [0.2, 0.25) is 11.8 Å². The molecule has 2 amide bonds. The van der Waals surface area contributed by atoms with E-state index >= 15 is 0 Å². The number of nitrogens with zero attached hydrogens (tertiary/aromatic N) is 1. The highest BCUT2D eigenvalue weighted by molar-refractivity contribution is 7.99. The number of carbonyl (C=O) groups excluding carboxylic acids is 2. The first kappa shape index (κ1) is 17.7. The monoisotopic (exact) mass is 336 g/mol. The first-order valence-corrected chi connectivity index (χ1v) is 9.01. The predicted octanol–water partition coefficient (Wildman–Crippen LogP) is 2.05. The third-order valence-electron chi connectivity index (χ3n) is 4.02. The van der Waals surface area contributed by atoms with Crippen LogP contribution in [0.3, 0.4) is 0 Å². The van der Waals surface area contributed by atoms with Gasteiger partial charge in [0.15, 0.2) is 0 Å². The van der Waals surface area contributed by atoms with E-state index in [0.717, 1.165) is 17.7 Å². The van der Waals surface area contributed by atoms with Crippen LogP contribution in [0, 0.1) is 0 Å². The molecule has 1 N–H and O–H groups in total. The van der Waals surface area contributed by atoms with Crippen LogP contribution in [0.25, 0.3) is 0 Å². The Kier molecular flexibility index (Phi) is 6.33. The molecular formula is C17H24N2O3S. The van der Waals surface area contributed by atoms with Crippen LogP contribution in [-0.2, 0) is 16.0 Å². The van der Waals surface area contributed by atoms with Crippen molar-refractivity contribution in [3.05, 3.63) is 29.8 Å². The van der Waals surface area contributed by atoms with E-state index in [2.05, 4.69) is 5.32 Å². The van der Waals surface area contributed by atoms with E-state index in [1.54, 1.807) is 23.8 Å². The summed E-state index contributed by atoms with van der Waals surface area (Å²) in [7, 11) is 1.61. The number of methoxy groups -OCH3 is 1. The van der Waals surface area contributed by atoms with Gasteiger partial charge >= 0.3 is 0 Å². The minimum Gasteiger partial charge on any atom is -0.497 e. The van der Waals surface area contributed by atoms with Crippen molar-refractivity contribution in [1.29, 1.82) is 0 Å². The molecule has 1 aromatic carbocycles. The first-order chi connectivity index (χ1) is 11.0. The van der Waals surface area contributed by atoms with Crippen molar-refractivity contribution < 1.29 is 14.3 Å². The Morgan fingerprint density at radius 3 is 2.70 bits per heavy atom. The molecule has 1 heterocycles. The number of thioether (sulfide) groups is 1. The lowest BCUT2D eigenvalue weighted by Gasteiger charge is -2.24. The fourth-order valence-electron chi connectivity index (χ4n) is 2.37. The van der Waals surface area contributed by atoms with Crippen LogP contribution >= 0.6 is 11.8 Å². The maximum atomic E-state index is 12.5. The van der Waals surface area contributed by atoms with Crippen LogP contribution in [-0.4, -0.2) is 47.5 Å².